The highest BCUT2D eigenvalue weighted by Gasteiger charge is 2.19. The summed E-state index contributed by atoms with van der Waals surface area (Å²) in [6, 6.07) is 0. The monoisotopic (exact) mass is 258 g/mol. The van der Waals surface area contributed by atoms with Crippen molar-refractivity contribution in [2.24, 2.45) is 0 Å². The van der Waals surface area contributed by atoms with Gasteiger partial charge in [0.2, 0.25) is 5.95 Å². The lowest BCUT2D eigenvalue weighted by Gasteiger charge is -2.26. The maximum Gasteiger partial charge on any atom is 0.224 e. The van der Waals surface area contributed by atoms with Gasteiger partial charge in [-0.25, -0.2) is 4.98 Å². The van der Waals surface area contributed by atoms with Crippen molar-refractivity contribution in [2.75, 3.05) is 23.8 Å². The summed E-state index contributed by atoms with van der Waals surface area (Å²) in [4.78, 5) is 8.34. The SMILES string of the molecule is CCNc1ncc(Cl)c(NC(C)(C)CCO)n1. The third-order valence-electron chi connectivity index (χ3n) is 2.27. The lowest BCUT2D eigenvalue weighted by atomic mass is 10.0. The first kappa shape index (κ1) is 14.0. The standard InChI is InChI=1S/C11H19ClN4O/c1-4-13-10-14-7-8(12)9(15-10)16-11(2,3)5-6-17/h7,17H,4-6H2,1-3H3,(H2,13,14,15,16). The van der Waals surface area contributed by atoms with Crippen LogP contribution in [0.4, 0.5) is 11.8 Å². The first-order chi connectivity index (χ1) is 7.98. The highest BCUT2D eigenvalue weighted by Crippen LogP contribution is 2.24. The van der Waals surface area contributed by atoms with Crippen LogP contribution in [0.15, 0.2) is 6.20 Å². The number of anilines is 2. The molecule has 6 heteroatoms. The highest BCUT2D eigenvalue weighted by molar-refractivity contribution is 6.32. The van der Waals surface area contributed by atoms with Crippen LogP contribution in [0.5, 0.6) is 0 Å². The van der Waals surface area contributed by atoms with E-state index < -0.39 is 0 Å². The lowest BCUT2D eigenvalue weighted by molar-refractivity contribution is 0.260. The van der Waals surface area contributed by atoms with Gasteiger partial charge in [-0.15, -0.1) is 0 Å². The number of rotatable bonds is 6. The molecule has 0 spiro atoms. The van der Waals surface area contributed by atoms with Gasteiger partial charge in [0, 0.05) is 18.7 Å². The van der Waals surface area contributed by atoms with E-state index in [4.69, 9.17) is 16.7 Å². The van der Waals surface area contributed by atoms with Gasteiger partial charge in [0.1, 0.15) is 5.02 Å². The van der Waals surface area contributed by atoms with Crippen molar-refractivity contribution in [3.63, 3.8) is 0 Å². The fraction of sp³-hybridized carbons (Fsp3) is 0.636. The molecule has 3 N–H and O–H groups in total. The molecule has 0 saturated heterocycles. The summed E-state index contributed by atoms with van der Waals surface area (Å²) in [5.41, 5.74) is -0.268. The second kappa shape index (κ2) is 6.02. The van der Waals surface area contributed by atoms with Crippen molar-refractivity contribution in [2.45, 2.75) is 32.7 Å². The molecule has 1 heterocycles. The van der Waals surface area contributed by atoms with Gasteiger partial charge in [-0.3, -0.25) is 0 Å². The maximum absolute atomic E-state index is 8.97. The molecule has 5 nitrogen and oxygen atoms in total. The predicted octanol–water partition coefficient (Wildman–Crippen LogP) is 2.13. The molecule has 0 amide bonds. The summed E-state index contributed by atoms with van der Waals surface area (Å²) in [6.07, 6.45) is 2.17. The van der Waals surface area contributed by atoms with Gasteiger partial charge in [0.25, 0.3) is 0 Å². The van der Waals surface area contributed by atoms with Gasteiger partial charge in [0.15, 0.2) is 5.82 Å². The predicted molar refractivity (Wildman–Crippen MR) is 70.6 cm³/mol. The van der Waals surface area contributed by atoms with Crippen molar-refractivity contribution >= 4 is 23.4 Å². The molecule has 0 aromatic carbocycles. The normalized spacial score (nSPS) is 11.4. The van der Waals surface area contributed by atoms with Crippen LogP contribution in [-0.4, -0.2) is 33.8 Å². The van der Waals surface area contributed by atoms with Crippen molar-refractivity contribution in [1.29, 1.82) is 0 Å². The molecule has 96 valence electrons. The molecule has 0 saturated carbocycles. The Hall–Kier alpha value is -1.07. The third-order valence-corrected chi connectivity index (χ3v) is 2.55. The minimum atomic E-state index is -0.268. The van der Waals surface area contributed by atoms with E-state index in [2.05, 4.69) is 20.6 Å². The Kier molecular flexibility index (Phi) is 4.96. The average molecular weight is 259 g/mol. The Morgan fingerprint density at radius 1 is 1.47 bits per heavy atom. The number of hydrogen-bond acceptors (Lipinski definition) is 5. The first-order valence-electron chi connectivity index (χ1n) is 5.64. The molecule has 0 fully saturated rings. The van der Waals surface area contributed by atoms with Crippen LogP contribution in [0, 0.1) is 0 Å². The smallest absolute Gasteiger partial charge is 0.224 e. The number of nitrogens with one attached hydrogen (secondary N) is 2. The van der Waals surface area contributed by atoms with Crippen LogP contribution in [0.25, 0.3) is 0 Å². The molecule has 0 bridgehead atoms. The van der Waals surface area contributed by atoms with Crippen LogP contribution >= 0.6 is 11.6 Å². The summed E-state index contributed by atoms with van der Waals surface area (Å²) >= 11 is 6.02. The maximum atomic E-state index is 8.97. The van der Waals surface area contributed by atoms with Gasteiger partial charge in [-0.05, 0) is 27.2 Å². The Bertz CT molecular complexity index is 370. The molecular weight excluding hydrogens is 240 g/mol. The number of nitrogens with zero attached hydrogens (tertiary/aromatic N) is 2. The van der Waals surface area contributed by atoms with E-state index in [0.717, 1.165) is 6.54 Å². The van der Waals surface area contributed by atoms with Crippen LogP contribution in [0.3, 0.4) is 0 Å². The average Bonchev–Trinajstić information content (AvgIpc) is 2.23. The molecule has 17 heavy (non-hydrogen) atoms. The lowest BCUT2D eigenvalue weighted by Crippen LogP contribution is -2.32. The van der Waals surface area contributed by atoms with E-state index in [1.165, 1.54) is 0 Å². The number of aliphatic hydroxyl groups excluding tert-OH is 1. The van der Waals surface area contributed by atoms with E-state index in [1.54, 1.807) is 6.20 Å². The molecule has 0 aliphatic rings. The van der Waals surface area contributed by atoms with Gasteiger partial charge in [0.05, 0.1) is 6.20 Å². The molecule has 1 aromatic heterocycles. The van der Waals surface area contributed by atoms with Crippen molar-refractivity contribution in [3.8, 4) is 0 Å². The van der Waals surface area contributed by atoms with Crippen molar-refractivity contribution in [3.05, 3.63) is 11.2 Å². The largest absolute Gasteiger partial charge is 0.396 e. The van der Waals surface area contributed by atoms with E-state index in [0.29, 0.717) is 23.2 Å². The molecule has 0 atom stereocenters. The van der Waals surface area contributed by atoms with Crippen molar-refractivity contribution < 1.29 is 5.11 Å². The molecule has 1 aromatic rings. The summed E-state index contributed by atoms with van der Waals surface area (Å²) in [6.45, 7) is 6.80. The molecule has 1 rings (SSSR count). The molecule has 0 unspecified atom stereocenters. The molecule has 0 aliphatic carbocycles. The zero-order valence-corrected chi connectivity index (χ0v) is 11.2. The van der Waals surface area contributed by atoms with Crippen LogP contribution in [0.2, 0.25) is 5.02 Å². The summed E-state index contributed by atoms with van der Waals surface area (Å²) in [5, 5.41) is 15.7. The molecule has 0 aliphatic heterocycles. The zero-order valence-electron chi connectivity index (χ0n) is 10.4. The van der Waals surface area contributed by atoms with Crippen LogP contribution < -0.4 is 10.6 Å². The fourth-order valence-corrected chi connectivity index (χ4v) is 1.50. The van der Waals surface area contributed by atoms with Gasteiger partial charge < -0.3 is 15.7 Å². The quantitative estimate of drug-likeness (QED) is 0.729. The summed E-state index contributed by atoms with van der Waals surface area (Å²) < 4.78 is 0. The van der Waals surface area contributed by atoms with Gasteiger partial charge in [-0.2, -0.15) is 4.98 Å². The fourth-order valence-electron chi connectivity index (χ4n) is 1.36. The third kappa shape index (κ3) is 4.36. The number of halogens is 1. The molecule has 0 radical (unpaired) electrons. The second-order valence-electron chi connectivity index (χ2n) is 4.40. The van der Waals surface area contributed by atoms with Crippen LogP contribution in [-0.2, 0) is 0 Å². The minimum Gasteiger partial charge on any atom is -0.396 e. The number of hydrogen-bond donors (Lipinski definition) is 3. The zero-order chi connectivity index (χ0) is 12.9. The highest BCUT2D eigenvalue weighted by atomic mass is 35.5. The summed E-state index contributed by atoms with van der Waals surface area (Å²) in [7, 11) is 0. The van der Waals surface area contributed by atoms with E-state index in [1.807, 2.05) is 20.8 Å². The van der Waals surface area contributed by atoms with E-state index in [-0.39, 0.29) is 12.1 Å². The van der Waals surface area contributed by atoms with Gasteiger partial charge in [-0.1, -0.05) is 11.6 Å². The van der Waals surface area contributed by atoms with Crippen molar-refractivity contribution in [1.82, 2.24) is 9.97 Å². The Morgan fingerprint density at radius 2 is 2.18 bits per heavy atom. The first-order valence-corrected chi connectivity index (χ1v) is 6.02. The minimum absolute atomic E-state index is 0.114. The van der Waals surface area contributed by atoms with E-state index in [9.17, 15) is 0 Å². The Labute approximate surface area is 107 Å². The van der Waals surface area contributed by atoms with E-state index >= 15 is 0 Å². The topological polar surface area (TPSA) is 70.1 Å². The Balaban J connectivity index is 2.85. The number of aromatic nitrogens is 2. The number of aliphatic hydroxyl groups is 1. The van der Waals surface area contributed by atoms with Gasteiger partial charge >= 0.3 is 0 Å². The second-order valence-corrected chi connectivity index (χ2v) is 4.81. The van der Waals surface area contributed by atoms with Crippen LogP contribution in [0.1, 0.15) is 27.2 Å². The molecular formula is C11H19ClN4O. The summed E-state index contributed by atoms with van der Waals surface area (Å²) in [5.74, 6) is 1.12. The Morgan fingerprint density at radius 3 is 2.76 bits per heavy atom.